The number of nitrogens with zero attached hydrogens (tertiary/aromatic N) is 1. The molecule has 0 heterocycles. The lowest BCUT2D eigenvalue weighted by Crippen LogP contribution is -2.66. The summed E-state index contributed by atoms with van der Waals surface area (Å²) >= 11 is 12.8. The highest BCUT2D eigenvalue weighted by Gasteiger charge is 2.44. The zero-order valence-corrected chi connectivity index (χ0v) is 15.8. The lowest BCUT2D eigenvalue weighted by Gasteiger charge is -2.49. The van der Waals surface area contributed by atoms with Crippen LogP contribution in [0.25, 0.3) is 0 Å². The highest BCUT2D eigenvalue weighted by Crippen LogP contribution is 2.31. The topological polar surface area (TPSA) is 3.24 Å². The third-order valence-corrected chi connectivity index (χ3v) is 14.4. The predicted octanol–water partition coefficient (Wildman–Crippen LogP) is 4.44. The molecule has 1 atom stereocenters. The molecular formula is C9H25Cl2NSi3. The lowest BCUT2D eigenvalue weighted by molar-refractivity contribution is 0.587. The molecule has 0 aliphatic heterocycles. The Bertz CT molecular complexity index is 201. The minimum Gasteiger partial charge on any atom is -0.344 e. The summed E-state index contributed by atoms with van der Waals surface area (Å²) in [4.78, 5) is 0. The maximum Gasteiger partial charge on any atom is 0.263 e. The van der Waals surface area contributed by atoms with Crippen molar-refractivity contribution >= 4 is 45.3 Å². The average molecular weight is 302 g/mol. The first-order valence-corrected chi connectivity index (χ1v) is 16.9. The van der Waals surface area contributed by atoms with Crippen LogP contribution < -0.4 is 0 Å². The van der Waals surface area contributed by atoms with Crippen molar-refractivity contribution in [3.8, 4) is 0 Å². The van der Waals surface area contributed by atoms with Gasteiger partial charge in [0, 0.05) is 5.67 Å². The molecule has 0 aliphatic rings. The van der Waals surface area contributed by atoms with E-state index in [9.17, 15) is 0 Å². The minimum absolute atomic E-state index is 0.360. The van der Waals surface area contributed by atoms with Gasteiger partial charge in [0.05, 0.1) is 0 Å². The SMILES string of the molecule is CC(N([Si](C)(C)C)[Si](C)(C)C)[Si](C)(Cl)Cl. The number of rotatable bonds is 4. The van der Waals surface area contributed by atoms with Gasteiger partial charge in [-0.2, -0.15) is 0 Å². The molecule has 0 radical (unpaired) electrons. The minimum atomic E-state index is -2.10. The Hall–Kier alpha value is 1.19. The van der Waals surface area contributed by atoms with E-state index in [1.807, 2.05) is 6.55 Å². The van der Waals surface area contributed by atoms with Gasteiger partial charge >= 0.3 is 0 Å². The Morgan fingerprint density at radius 3 is 1.13 bits per heavy atom. The molecule has 0 aromatic carbocycles. The molecule has 15 heavy (non-hydrogen) atoms. The quantitative estimate of drug-likeness (QED) is 0.548. The second-order valence-electron chi connectivity index (χ2n) is 6.34. The molecule has 0 saturated heterocycles. The maximum atomic E-state index is 6.40. The third-order valence-electron chi connectivity index (χ3n) is 2.57. The number of halogens is 2. The number of hydrogen-bond donors (Lipinski definition) is 0. The van der Waals surface area contributed by atoms with Crippen LogP contribution in [-0.2, 0) is 0 Å². The first-order valence-electron chi connectivity index (χ1n) is 5.45. The van der Waals surface area contributed by atoms with E-state index in [-0.39, 0.29) is 0 Å². The Morgan fingerprint density at radius 2 is 1.07 bits per heavy atom. The fraction of sp³-hybridized carbons (Fsp3) is 1.00. The van der Waals surface area contributed by atoms with Crippen molar-refractivity contribution in [1.82, 2.24) is 4.23 Å². The molecule has 6 heteroatoms. The lowest BCUT2D eigenvalue weighted by atomic mass is 10.8. The van der Waals surface area contributed by atoms with Crippen LogP contribution in [0.1, 0.15) is 6.92 Å². The van der Waals surface area contributed by atoms with Crippen molar-refractivity contribution in [2.24, 2.45) is 0 Å². The standard InChI is InChI=1S/C9H25Cl2NSi3/c1-9(15(8,10)11)12(13(2,3)4)14(5,6)7/h9H,1-8H3. The zero-order valence-electron chi connectivity index (χ0n) is 11.3. The first kappa shape index (κ1) is 16.2. The highest BCUT2D eigenvalue weighted by atomic mass is 35.7. The van der Waals surface area contributed by atoms with Crippen LogP contribution in [0.2, 0.25) is 45.8 Å². The second kappa shape index (κ2) is 4.82. The van der Waals surface area contributed by atoms with Crippen molar-refractivity contribution < 1.29 is 0 Å². The van der Waals surface area contributed by atoms with Crippen LogP contribution in [0, 0.1) is 0 Å². The van der Waals surface area contributed by atoms with Crippen LogP contribution >= 0.6 is 22.2 Å². The van der Waals surface area contributed by atoms with Crippen molar-refractivity contribution in [2.45, 2.75) is 58.4 Å². The second-order valence-corrected chi connectivity index (χ2v) is 24.5. The van der Waals surface area contributed by atoms with Crippen molar-refractivity contribution in [1.29, 1.82) is 0 Å². The number of hydrogen-bond acceptors (Lipinski definition) is 1. The van der Waals surface area contributed by atoms with E-state index in [0.717, 1.165) is 0 Å². The molecule has 92 valence electrons. The Morgan fingerprint density at radius 1 is 0.800 bits per heavy atom. The van der Waals surface area contributed by atoms with E-state index < -0.39 is 23.2 Å². The van der Waals surface area contributed by atoms with E-state index in [1.165, 1.54) is 0 Å². The van der Waals surface area contributed by atoms with E-state index in [2.05, 4.69) is 50.4 Å². The molecule has 0 aliphatic carbocycles. The van der Waals surface area contributed by atoms with Gasteiger partial charge in [-0.3, -0.25) is 0 Å². The summed E-state index contributed by atoms with van der Waals surface area (Å²) in [6.07, 6.45) is 0. The van der Waals surface area contributed by atoms with E-state index in [1.54, 1.807) is 0 Å². The summed E-state index contributed by atoms with van der Waals surface area (Å²) in [5, 5.41) is 0. The third kappa shape index (κ3) is 4.91. The first-order chi connectivity index (χ1) is 6.28. The molecule has 0 spiro atoms. The molecule has 0 N–H and O–H groups in total. The van der Waals surface area contributed by atoms with Gasteiger partial charge in [-0.15, -0.1) is 22.2 Å². The maximum absolute atomic E-state index is 6.40. The van der Waals surface area contributed by atoms with Crippen LogP contribution in [0.3, 0.4) is 0 Å². The molecule has 1 nitrogen and oxygen atoms in total. The molecule has 0 aromatic heterocycles. The summed E-state index contributed by atoms with van der Waals surface area (Å²) in [6.45, 7) is 16.5. The molecule has 0 aromatic rings. The van der Waals surface area contributed by atoms with Crippen LogP contribution in [0.15, 0.2) is 0 Å². The zero-order chi connectivity index (χ0) is 12.7. The Balaban J connectivity index is 5.16. The van der Waals surface area contributed by atoms with Gasteiger partial charge in [-0.05, 0) is 6.55 Å². The molecule has 0 fully saturated rings. The predicted molar refractivity (Wildman–Crippen MR) is 81.3 cm³/mol. The van der Waals surface area contributed by atoms with Gasteiger partial charge in [0.1, 0.15) is 16.5 Å². The Labute approximate surface area is 108 Å². The van der Waals surface area contributed by atoms with Gasteiger partial charge in [0.25, 0.3) is 6.69 Å². The van der Waals surface area contributed by atoms with E-state index in [0.29, 0.717) is 5.67 Å². The fourth-order valence-electron chi connectivity index (χ4n) is 2.39. The average Bonchev–Trinajstić information content (AvgIpc) is 1.76. The Kier molecular flexibility index (Phi) is 5.20. The molecule has 1 unspecified atom stereocenters. The molecule has 0 rings (SSSR count). The fourth-order valence-corrected chi connectivity index (χ4v) is 18.7. The summed E-state index contributed by atoms with van der Waals surface area (Å²) in [5.74, 6) is 0. The van der Waals surface area contributed by atoms with Crippen molar-refractivity contribution in [2.75, 3.05) is 0 Å². The normalized spacial score (nSPS) is 17.0. The van der Waals surface area contributed by atoms with Gasteiger partial charge in [-0.1, -0.05) is 46.2 Å². The molecule has 0 amide bonds. The van der Waals surface area contributed by atoms with Gasteiger partial charge in [0.2, 0.25) is 0 Å². The van der Waals surface area contributed by atoms with Gasteiger partial charge in [0.15, 0.2) is 0 Å². The summed E-state index contributed by atoms with van der Waals surface area (Å²) in [7, 11) is -2.67. The van der Waals surface area contributed by atoms with Crippen molar-refractivity contribution in [3.05, 3.63) is 0 Å². The summed E-state index contributed by atoms with van der Waals surface area (Å²) < 4.78 is 2.70. The monoisotopic (exact) mass is 301 g/mol. The molecular weight excluding hydrogens is 277 g/mol. The largest absolute Gasteiger partial charge is 0.344 e. The summed E-state index contributed by atoms with van der Waals surface area (Å²) in [5.41, 5.74) is 0.360. The van der Waals surface area contributed by atoms with E-state index >= 15 is 0 Å². The van der Waals surface area contributed by atoms with Gasteiger partial charge in [-0.25, -0.2) is 0 Å². The van der Waals surface area contributed by atoms with Crippen LogP contribution in [0.4, 0.5) is 0 Å². The van der Waals surface area contributed by atoms with Crippen LogP contribution in [-0.4, -0.2) is 33.1 Å². The summed E-state index contributed by atoms with van der Waals surface area (Å²) in [6, 6.07) is 0. The van der Waals surface area contributed by atoms with Crippen LogP contribution in [0.5, 0.6) is 0 Å². The van der Waals surface area contributed by atoms with Gasteiger partial charge < -0.3 is 4.23 Å². The van der Waals surface area contributed by atoms with E-state index in [4.69, 9.17) is 22.2 Å². The highest BCUT2D eigenvalue weighted by molar-refractivity contribution is 7.45. The smallest absolute Gasteiger partial charge is 0.263 e. The molecule has 0 saturated carbocycles. The van der Waals surface area contributed by atoms with Crippen molar-refractivity contribution in [3.63, 3.8) is 0 Å². The molecule has 0 bridgehead atoms.